The Morgan fingerprint density at radius 1 is 1.19 bits per heavy atom. The summed E-state index contributed by atoms with van der Waals surface area (Å²) in [5.74, 6) is 0.648. The second-order valence-electron chi connectivity index (χ2n) is 8.59. The van der Waals surface area contributed by atoms with E-state index in [1.807, 2.05) is 33.6 Å². The summed E-state index contributed by atoms with van der Waals surface area (Å²) >= 11 is 3.23. The van der Waals surface area contributed by atoms with Crippen molar-refractivity contribution in [2.45, 2.75) is 58.9 Å². The highest BCUT2D eigenvalue weighted by Crippen LogP contribution is 2.29. The van der Waals surface area contributed by atoms with E-state index in [2.05, 4.69) is 51.8 Å². The van der Waals surface area contributed by atoms with Gasteiger partial charge in [0.2, 0.25) is 5.91 Å². The standard InChI is InChI=1S/C20H26N4OS2/c1-19(2,3)15-11-16(24(23-15)20(4,5)6)22-17(25)10-13-12-27-18(21-13)14-8-7-9-26-14/h7-9,11-12H,10H2,1-6H3,(H,22,25). The SMILES string of the molecule is CC(C)(C)c1cc(NC(=O)Cc2csc(-c3cccs3)n2)n(C(C)(C)C)n1. The van der Waals surface area contributed by atoms with Crippen molar-refractivity contribution in [1.29, 1.82) is 0 Å². The minimum atomic E-state index is -0.223. The lowest BCUT2D eigenvalue weighted by Crippen LogP contribution is -2.27. The molecule has 3 heterocycles. The molecular weight excluding hydrogens is 376 g/mol. The van der Waals surface area contributed by atoms with Crippen LogP contribution in [-0.2, 0) is 22.2 Å². The lowest BCUT2D eigenvalue weighted by atomic mass is 9.92. The van der Waals surface area contributed by atoms with Crippen LogP contribution in [0.3, 0.4) is 0 Å². The fraction of sp³-hybridized carbons (Fsp3) is 0.450. The number of rotatable bonds is 4. The lowest BCUT2D eigenvalue weighted by Gasteiger charge is -2.23. The molecule has 3 aromatic rings. The van der Waals surface area contributed by atoms with Crippen LogP contribution in [0.1, 0.15) is 52.9 Å². The highest BCUT2D eigenvalue weighted by atomic mass is 32.1. The van der Waals surface area contributed by atoms with Gasteiger partial charge >= 0.3 is 0 Å². The average molecular weight is 403 g/mol. The van der Waals surface area contributed by atoms with Gasteiger partial charge in [-0.1, -0.05) is 26.8 Å². The first-order chi connectivity index (χ1) is 12.5. The molecule has 144 valence electrons. The Labute approximate surface area is 168 Å². The summed E-state index contributed by atoms with van der Waals surface area (Å²) in [5.41, 5.74) is 1.44. The minimum Gasteiger partial charge on any atom is -0.311 e. The summed E-state index contributed by atoms with van der Waals surface area (Å²) in [6.07, 6.45) is 0.252. The molecule has 1 amide bonds. The zero-order chi connectivity index (χ0) is 19.8. The van der Waals surface area contributed by atoms with Crippen LogP contribution in [0.5, 0.6) is 0 Å². The van der Waals surface area contributed by atoms with E-state index in [4.69, 9.17) is 5.10 Å². The van der Waals surface area contributed by atoms with Gasteiger partial charge in [-0.25, -0.2) is 9.67 Å². The first-order valence-corrected chi connectivity index (χ1v) is 10.7. The Hall–Kier alpha value is -1.99. The number of amides is 1. The largest absolute Gasteiger partial charge is 0.311 e. The van der Waals surface area contributed by atoms with E-state index in [0.717, 1.165) is 27.1 Å². The third-order valence-corrected chi connectivity index (χ3v) is 5.94. The van der Waals surface area contributed by atoms with Gasteiger partial charge in [-0.3, -0.25) is 4.79 Å². The monoisotopic (exact) mass is 402 g/mol. The van der Waals surface area contributed by atoms with Crippen molar-refractivity contribution in [2.24, 2.45) is 0 Å². The Morgan fingerprint density at radius 2 is 1.93 bits per heavy atom. The predicted molar refractivity (Wildman–Crippen MR) is 114 cm³/mol. The van der Waals surface area contributed by atoms with Crippen LogP contribution in [0.25, 0.3) is 9.88 Å². The van der Waals surface area contributed by atoms with Crippen molar-refractivity contribution in [1.82, 2.24) is 14.8 Å². The van der Waals surface area contributed by atoms with Gasteiger partial charge < -0.3 is 5.32 Å². The van der Waals surface area contributed by atoms with Gasteiger partial charge in [0, 0.05) is 16.9 Å². The lowest BCUT2D eigenvalue weighted by molar-refractivity contribution is -0.115. The van der Waals surface area contributed by atoms with E-state index in [-0.39, 0.29) is 23.3 Å². The normalized spacial score (nSPS) is 12.4. The van der Waals surface area contributed by atoms with Gasteiger partial charge in [-0.05, 0) is 32.2 Å². The molecule has 0 unspecified atom stereocenters. The topological polar surface area (TPSA) is 59.8 Å². The summed E-state index contributed by atoms with van der Waals surface area (Å²) in [4.78, 5) is 18.4. The molecule has 0 aliphatic heterocycles. The number of aromatic nitrogens is 3. The molecule has 0 aliphatic rings. The second-order valence-corrected chi connectivity index (χ2v) is 10.4. The zero-order valence-electron chi connectivity index (χ0n) is 16.7. The van der Waals surface area contributed by atoms with Gasteiger partial charge in [0.25, 0.3) is 0 Å². The Kier molecular flexibility index (Phi) is 5.27. The average Bonchev–Trinajstić information content (AvgIpc) is 3.24. The number of hydrogen-bond donors (Lipinski definition) is 1. The molecule has 0 spiro atoms. The molecule has 0 bridgehead atoms. The summed E-state index contributed by atoms with van der Waals surface area (Å²) in [6.45, 7) is 12.6. The summed E-state index contributed by atoms with van der Waals surface area (Å²) in [7, 11) is 0. The van der Waals surface area contributed by atoms with Gasteiger partial charge in [0.15, 0.2) is 0 Å². The van der Waals surface area contributed by atoms with Gasteiger partial charge in [-0.15, -0.1) is 22.7 Å². The number of anilines is 1. The molecule has 3 aromatic heterocycles. The maximum atomic E-state index is 12.6. The molecule has 0 radical (unpaired) electrons. The van der Waals surface area contributed by atoms with Crippen LogP contribution in [0.2, 0.25) is 0 Å². The van der Waals surface area contributed by atoms with E-state index in [1.165, 1.54) is 0 Å². The molecule has 27 heavy (non-hydrogen) atoms. The summed E-state index contributed by atoms with van der Waals surface area (Å²) in [6, 6.07) is 6.03. The first kappa shape index (κ1) is 19.8. The van der Waals surface area contributed by atoms with Crippen LogP contribution >= 0.6 is 22.7 Å². The van der Waals surface area contributed by atoms with Crippen LogP contribution in [-0.4, -0.2) is 20.7 Å². The van der Waals surface area contributed by atoms with Crippen LogP contribution in [0.4, 0.5) is 5.82 Å². The van der Waals surface area contributed by atoms with Gasteiger partial charge in [0.05, 0.1) is 28.2 Å². The van der Waals surface area contributed by atoms with Crippen molar-refractivity contribution < 1.29 is 4.79 Å². The third kappa shape index (κ3) is 4.65. The van der Waals surface area contributed by atoms with E-state index in [0.29, 0.717) is 0 Å². The van der Waals surface area contributed by atoms with Crippen LogP contribution in [0.15, 0.2) is 29.0 Å². The molecule has 0 aliphatic carbocycles. The Bertz CT molecular complexity index is 924. The maximum absolute atomic E-state index is 12.6. The first-order valence-electron chi connectivity index (χ1n) is 8.93. The highest BCUT2D eigenvalue weighted by molar-refractivity contribution is 7.20. The van der Waals surface area contributed by atoms with Gasteiger partial charge in [-0.2, -0.15) is 5.10 Å². The van der Waals surface area contributed by atoms with E-state index in [1.54, 1.807) is 22.7 Å². The number of carbonyl (C=O) groups is 1. The van der Waals surface area contributed by atoms with Crippen molar-refractivity contribution in [3.05, 3.63) is 40.3 Å². The fourth-order valence-corrected chi connectivity index (χ4v) is 4.24. The minimum absolute atomic E-state index is 0.0797. The maximum Gasteiger partial charge on any atom is 0.231 e. The van der Waals surface area contributed by atoms with E-state index in [9.17, 15) is 4.79 Å². The Balaban J connectivity index is 1.77. The number of hydrogen-bond acceptors (Lipinski definition) is 5. The van der Waals surface area contributed by atoms with Crippen molar-refractivity contribution in [3.63, 3.8) is 0 Å². The molecule has 5 nitrogen and oxygen atoms in total. The number of carbonyl (C=O) groups excluding carboxylic acids is 1. The highest BCUT2D eigenvalue weighted by Gasteiger charge is 2.26. The van der Waals surface area contributed by atoms with E-state index >= 15 is 0 Å². The molecule has 0 fully saturated rings. The smallest absolute Gasteiger partial charge is 0.231 e. The number of thiophene rings is 1. The molecule has 7 heteroatoms. The van der Waals surface area contributed by atoms with E-state index < -0.39 is 0 Å². The zero-order valence-corrected chi connectivity index (χ0v) is 18.3. The summed E-state index contributed by atoms with van der Waals surface area (Å²) in [5, 5.41) is 12.7. The molecule has 0 atom stereocenters. The molecular formula is C20H26N4OS2. The third-order valence-electron chi connectivity index (χ3n) is 4.01. The molecule has 0 saturated heterocycles. The van der Waals surface area contributed by atoms with Crippen molar-refractivity contribution in [3.8, 4) is 9.88 Å². The number of nitrogens with one attached hydrogen (secondary N) is 1. The van der Waals surface area contributed by atoms with Crippen LogP contribution < -0.4 is 5.32 Å². The molecule has 0 aromatic carbocycles. The molecule has 0 saturated carbocycles. The Morgan fingerprint density at radius 3 is 2.52 bits per heavy atom. The fourth-order valence-electron chi connectivity index (χ4n) is 2.60. The van der Waals surface area contributed by atoms with Gasteiger partial charge in [0.1, 0.15) is 10.8 Å². The quantitative estimate of drug-likeness (QED) is 0.644. The molecule has 1 N–H and O–H groups in total. The number of nitrogens with zero attached hydrogens (tertiary/aromatic N) is 3. The second kappa shape index (κ2) is 7.20. The van der Waals surface area contributed by atoms with Crippen molar-refractivity contribution in [2.75, 3.05) is 5.32 Å². The van der Waals surface area contributed by atoms with Crippen molar-refractivity contribution >= 4 is 34.4 Å². The number of thiazole rings is 1. The predicted octanol–water partition coefficient (Wildman–Crippen LogP) is 5.30. The molecule has 3 rings (SSSR count). The van der Waals surface area contributed by atoms with Crippen LogP contribution in [0, 0.1) is 0 Å². The summed E-state index contributed by atoms with van der Waals surface area (Å²) < 4.78 is 1.89.